The largest absolute Gasteiger partial charge is 0.573 e. The van der Waals surface area contributed by atoms with Gasteiger partial charge in [-0.2, -0.15) is 5.10 Å². The van der Waals surface area contributed by atoms with Crippen LogP contribution in [0.4, 0.5) is 18.9 Å². The van der Waals surface area contributed by atoms with E-state index in [1.807, 2.05) is 0 Å². The van der Waals surface area contributed by atoms with E-state index in [0.717, 1.165) is 0 Å². The fourth-order valence-electron chi connectivity index (χ4n) is 2.70. The summed E-state index contributed by atoms with van der Waals surface area (Å²) in [6.45, 7) is 0. The van der Waals surface area contributed by atoms with E-state index in [4.69, 9.17) is 0 Å². The molecule has 3 heterocycles. The minimum absolute atomic E-state index is 0.153. The number of ether oxygens (including phenoxy) is 1. The number of benzene rings is 1. The Morgan fingerprint density at radius 3 is 2.59 bits per heavy atom. The van der Waals surface area contributed by atoms with E-state index in [2.05, 4.69) is 25.1 Å². The molecule has 146 valence electrons. The Labute approximate surface area is 161 Å². The van der Waals surface area contributed by atoms with E-state index in [0.29, 0.717) is 11.3 Å². The summed E-state index contributed by atoms with van der Waals surface area (Å²) in [4.78, 5) is 20.6. The molecule has 7 nitrogen and oxygen atoms in total. The number of hydrogen-bond donors (Lipinski definition) is 1. The first-order valence-corrected chi connectivity index (χ1v) is 8.31. The second-order valence-corrected chi connectivity index (χ2v) is 5.87. The molecule has 1 aromatic carbocycles. The van der Waals surface area contributed by atoms with Gasteiger partial charge in [0.2, 0.25) is 0 Å². The van der Waals surface area contributed by atoms with Gasteiger partial charge in [-0.25, -0.2) is 9.50 Å². The van der Waals surface area contributed by atoms with Crippen molar-refractivity contribution in [2.75, 3.05) is 5.32 Å². The quantitative estimate of drug-likeness (QED) is 0.562. The number of carbonyl (C=O) groups is 1. The van der Waals surface area contributed by atoms with Gasteiger partial charge < -0.3 is 10.1 Å². The fourth-order valence-corrected chi connectivity index (χ4v) is 2.70. The van der Waals surface area contributed by atoms with Crippen LogP contribution in [0.3, 0.4) is 0 Å². The van der Waals surface area contributed by atoms with Crippen LogP contribution in [-0.4, -0.2) is 31.9 Å². The first-order valence-electron chi connectivity index (χ1n) is 8.31. The van der Waals surface area contributed by atoms with Crippen molar-refractivity contribution in [3.63, 3.8) is 0 Å². The number of para-hydroxylation sites is 1. The number of fused-ring (bicyclic) bond motifs is 1. The molecule has 0 aliphatic heterocycles. The van der Waals surface area contributed by atoms with Crippen molar-refractivity contribution in [2.45, 2.75) is 6.36 Å². The number of carbonyl (C=O) groups excluding carboxylic acids is 1. The maximum atomic E-state index is 12.7. The Morgan fingerprint density at radius 1 is 1.07 bits per heavy atom. The number of aromatic nitrogens is 4. The van der Waals surface area contributed by atoms with Gasteiger partial charge in [-0.1, -0.05) is 12.1 Å². The van der Waals surface area contributed by atoms with Gasteiger partial charge in [0.25, 0.3) is 5.91 Å². The fraction of sp³-hybridized carbons (Fsp3) is 0.0526. The van der Waals surface area contributed by atoms with E-state index in [1.54, 1.807) is 18.2 Å². The SMILES string of the molecule is O=C(Nc1cnn2ccc(-c3ccccc3OC(F)(F)F)nc12)c1ccncc1. The van der Waals surface area contributed by atoms with Crippen LogP contribution in [0.1, 0.15) is 10.4 Å². The molecule has 29 heavy (non-hydrogen) atoms. The van der Waals surface area contributed by atoms with Crippen molar-refractivity contribution in [1.82, 2.24) is 19.6 Å². The van der Waals surface area contributed by atoms with Crippen LogP contribution in [0.5, 0.6) is 5.75 Å². The number of halogens is 3. The Bertz CT molecular complexity index is 1180. The van der Waals surface area contributed by atoms with Crippen molar-refractivity contribution >= 4 is 17.2 Å². The molecular weight excluding hydrogens is 387 g/mol. The first-order chi connectivity index (χ1) is 13.9. The molecule has 0 saturated heterocycles. The molecule has 0 aliphatic carbocycles. The summed E-state index contributed by atoms with van der Waals surface area (Å²) in [6.07, 6.45) is 1.08. The molecule has 10 heteroatoms. The van der Waals surface area contributed by atoms with Crippen molar-refractivity contribution in [2.24, 2.45) is 0 Å². The van der Waals surface area contributed by atoms with Crippen LogP contribution in [0.25, 0.3) is 16.9 Å². The average Bonchev–Trinajstić information content (AvgIpc) is 3.10. The average molecular weight is 399 g/mol. The van der Waals surface area contributed by atoms with Gasteiger partial charge in [-0.05, 0) is 30.3 Å². The third-order valence-electron chi connectivity index (χ3n) is 3.95. The van der Waals surface area contributed by atoms with E-state index >= 15 is 0 Å². The number of nitrogens with zero attached hydrogens (tertiary/aromatic N) is 4. The summed E-state index contributed by atoms with van der Waals surface area (Å²) in [5, 5.41) is 6.79. The molecule has 3 aromatic heterocycles. The van der Waals surface area contributed by atoms with Gasteiger partial charge in [0.1, 0.15) is 11.4 Å². The number of pyridine rings is 1. The Balaban J connectivity index is 1.71. The highest BCUT2D eigenvalue weighted by atomic mass is 19.4. The predicted molar refractivity (Wildman–Crippen MR) is 97.3 cm³/mol. The number of alkyl halides is 3. The Kier molecular flexibility index (Phi) is 4.59. The smallest absolute Gasteiger partial charge is 0.405 e. The number of anilines is 1. The predicted octanol–water partition coefficient (Wildman–Crippen LogP) is 3.94. The van der Waals surface area contributed by atoms with E-state index in [-0.39, 0.29) is 22.7 Å². The van der Waals surface area contributed by atoms with Crippen molar-refractivity contribution < 1.29 is 22.7 Å². The van der Waals surface area contributed by atoms with Crippen LogP contribution < -0.4 is 10.1 Å². The summed E-state index contributed by atoms with van der Waals surface area (Å²) >= 11 is 0. The topological polar surface area (TPSA) is 81.4 Å². The van der Waals surface area contributed by atoms with Gasteiger partial charge in [0, 0.05) is 29.7 Å². The summed E-state index contributed by atoms with van der Waals surface area (Å²) in [7, 11) is 0. The molecule has 4 rings (SSSR count). The molecule has 1 N–H and O–H groups in total. The van der Waals surface area contributed by atoms with Crippen molar-refractivity contribution in [3.8, 4) is 17.0 Å². The van der Waals surface area contributed by atoms with Gasteiger partial charge >= 0.3 is 6.36 Å². The highest BCUT2D eigenvalue weighted by Crippen LogP contribution is 2.33. The molecule has 0 aliphatic rings. The summed E-state index contributed by atoms with van der Waals surface area (Å²) < 4.78 is 43.6. The molecule has 4 aromatic rings. The monoisotopic (exact) mass is 399 g/mol. The van der Waals surface area contributed by atoms with Crippen molar-refractivity contribution in [3.05, 3.63) is 72.8 Å². The molecule has 0 bridgehead atoms. The second-order valence-electron chi connectivity index (χ2n) is 5.87. The minimum Gasteiger partial charge on any atom is -0.405 e. The van der Waals surface area contributed by atoms with Crippen LogP contribution in [0, 0.1) is 0 Å². The maximum Gasteiger partial charge on any atom is 0.573 e. The standard InChI is InChI=1S/C19H12F3N5O2/c20-19(21,22)29-16-4-2-1-3-13(16)14-7-10-27-17(25-14)15(11-24-27)26-18(28)12-5-8-23-9-6-12/h1-11H,(H,26,28). The Hall–Kier alpha value is -3.95. The van der Waals surface area contributed by atoms with Gasteiger partial charge in [0.05, 0.1) is 11.9 Å². The Morgan fingerprint density at radius 2 is 1.83 bits per heavy atom. The summed E-state index contributed by atoms with van der Waals surface area (Å²) in [6, 6.07) is 10.3. The van der Waals surface area contributed by atoms with E-state index < -0.39 is 12.3 Å². The summed E-state index contributed by atoms with van der Waals surface area (Å²) in [5.74, 6) is -0.769. The minimum atomic E-state index is -4.83. The second kappa shape index (κ2) is 7.23. The molecule has 0 atom stereocenters. The van der Waals surface area contributed by atoms with Crippen LogP contribution in [-0.2, 0) is 0 Å². The third kappa shape index (κ3) is 4.00. The number of amides is 1. The van der Waals surface area contributed by atoms with Gasteiger partial charge in [-0.3, -0.25) is 9.78 Å². The lowest BCUT2D eigenvalue weighted by Crippen LogP contribution is -2.17. The number of hydrogen-bond acceptors (Lipinski definition) is 5. The van der Waals surface area contributed by atoms with Crippen molar-refractivity contribution in [1.29, 1.82) is 0 Å². The lowest BCUT2D eigenvalue weighted by atomic mass is 10.1. The highest BCUT2D eigenvalue weighted by Gasteiger charge is 2.32. The van der Waals surface area contributed by atoms with Crippen LogP contribution in [0.2, 0.25) is 0 Å². The molecule has 0 spiro atoms. The zero-order valence-corrected chi connectivity index (χ0v) is 14.6. The summed E-state index contributed by atoms with van der Waals surface area (Å²) in [5.41, 5.74) is 1.35. The zero-order valence-electron chi connectivity index (χ0n) is 14.6. The molecule has 1 amide bonds. The number of rotatable bonds is 4. The zero-order chi connectivity index (χ0) is 20.4. The third-order valence-corrected chi connectivity index (χ3v) is 3.95. The highest BCUT2D eigenvalue weighted by molar-refractivity contribution is 6.05. The van der Waals surface area contributed by atoms with Gasteiger partial charge in [0.15, 0.2) is 5.65 Å². The van der Waals surface area contributed by atoms with E-state index in [9.17, 15) is 18.0 Å². The molecule has 0 fully saturated rings. The molecule has 0 unspecified atom stereocenters. The molecule has 0 saturated carbocycles. The maximum absolute atomic E-state index is 12.7. The normalized spacial score (nSPS) is 11.4. The van der Waals surface area contributed by atoms with Crippen LogP contribution >= 0.6 is 0 Å². The van der Waals surface area contributed by atoms with E-state index in [1.165, 1.54) is 53.6 Å². The number of nitrogens with one attached hydrogen (secondary N) is 1. The first kappa shape index (κ1) is 18.4. The lowest BCUT2D eigenvalue weighted by molar-refractivity contribution is -0.274. The van der Waals surface area contributed by atoms with Gasteiger partial charge in [-0.15, -0.1) is 13.2 Å². The van der Waals surface area contributed by atoms with Crippen LogP contribution in [0.15, 0.2) is 67.3 Å². The molecular formula is C19H12F3N5O2. The molecule has 0 radical (unpaired) electrons. The lowest BCUT2D eigenvalue weighted by Gasteiger charge is -2.13.